The highest BCUT2D eigenvalue weighted by Gasteiger charge is 2.24. The van der Waals surface area contributed by atoms with Crippen molar-refractivity contribution in [2.45, 2.75) is 39.7 Å². The highest BCUT2D eigenvalue weighted by molar-refractivity contribution is 4.84. The fourth-order valence-electron chi connectivity index (χ4n) is 1.81. The zero-order chi connectivity index (χ0) is 10.7. The first-order valence-corrected chi connectivity index (χ1v) is 5.79. The number of nitrogens with zero attached hydrogens (tertiary/aromatic N) is 3. The molecule has 1 saturated carbocycles. The van der Waals surface area contributed by atoms with Gasteiger partial charge in [0.25, 0.3) is 0 Å². The fraction of sp³-hybridized carbons (Fsp3) is 0.818. The van der Waals surface area contributed by atoms with Gasteiger partial charge in [0.2, 0.25) is 5.89 Å². The molecule has 0 unspecified atom stereocenters. The Bertz CT molecular complexity index is 307. The molecular formula is C11H19N3O. The Hall–Kier alpha value is -0.900. The van der Waals surface area contributed by atoms with Crippen molar-refractivity contribution in [1.29, 1.82) is 0 Å². The molecule has 0 aromatic carbocycles. The van der Waals surface area contributed by atoms with Crippen molar-refractivity contribution in [3.8, 4) is 0 Å². The Balaban J connectivity index is 1.86. The number of rotatable bonds is 6. The van der Waals surface area contributed by atoms with Gasteiger partial charge in [-0.15, -0.1) is 0 Å². The van der Waals surface area contributed by atoms with Gasteiger partial charge in [0, 0.05) is 6.54 Å². The normalized spacial score (nSPS) is 16.2. The smallest absolute Gasteiger partial charge is 0.240 e. The van der Waals surface area contributed by atoms with Gasteiger partial charge < -0.3 is 4.52 Å². The standard InChI is InChI=1S/C11H19N3O/c1-3-6-14(7-10-4-5-10)8-11-12-9(2)13-15-11/h10H,3-8H2,1-2H3. The lowest BCUT2D eigenvalue weighted by Gasteiger charge is -2.18. The summed E-state index contributed by atoms with van der Waals surface area (Å²) in [7, 11) is 0. The van der Waals surface area contributed by atoms with Crippen LogP contribution in [0.25, 0.3) is 0 Å². The predicted molar refractivity (Wildman–Crippen MR) is 57.3 cm³/mol. The third-order valence-corrected chi connectivity index (χ3v) is 2.68. The van der Waals surface area contributed by atoms with Gasteiger partial charge in [0.15, 0.2) is 5.82 Å². The summed E-state index contributed by atoms with van der Waals surface area (Å²) in [4.78, 5) is 6.66. The molecule has 2 rings (SSSR count). The number of hydrogen-bond donors (Lipinski definition) is 0. The van der Waals surface area contributed by atoms with E-state index in [1.807, 2.05) is 6.92 Å². The van der Waals surface area contributed by atoms with E-state index in [9.17, 15) is 0 Å². The van der Waals surface area contributed by atoms with E-state index in [-0.39, 0.29) is 0 Å². The summed E-state index contributed by atoms with van der Waals surface area (Å²) in [6.07, 6.45) is 3.96. The highest BCUT2D eigenvalue weighted by atomic mass is 16.5. The Morgan fingerprint density at radius 3 is 2.80 bits per heavy atom. The van der Waals surface area contributed by atoms with E-state index in [0.29, 0.717) is 0 Å². The molecule has 1 aromatic heterocycles. The van der Waals surface area contributed by atoms with E-state index in [2.05, 4.69) is 22.0 Å². The molecule has 1 aliphatic carbocycles. The summed E-state index contributed by atoms with van der Waals surface area (Å²) >= 11 is 0. The topological polar surface area (TPSA) is 42.2 Å². The summed E-state index contributed by atoms with van der Waals surface area (Å²) < 4.78 is 5.14. The first-order chi connectivity index (χ1) is 7.28. The molecule has 0 bridgehead atoms. The summed E-state index contributed by atoms with van der Waals surface area (Å²) in [5, 5.41) is 3.81. The van der Waals surface area contributed by atoms with Gasteiger partial charge in [-0.2, -0.15) is 4.98 Å². The second kappa shape index (κ2) is 4.75. The van der Waals surface area contributed by atoms with Crippen LogP contribution in [0.2, 0.25) is 0 Å². The van der Waals surface area contributed by atoms with Gasteiger partial charge in [0.05, 0.1) is 6.54 Å². The molecule has 84 valence electrons. The highest BCUT2D eigenvalue weighted by Crippen LogP contribution is 2.30. The number of aromatic nitrogens is 2. The average Bonchev–Trinajstić information content (AvgIpc) is 2.90. The van der Waals surface area contributed by atoms with E-state index < -0.39 is 0 Å². The zero-order valence-electron chi connectivity index (χ0n) is 9.57. The van der Waals surface area contributed by atoms with Gasteiger partial charge >= 0.3 is 0 Å². The number of aryl methyl sites for hydroxylation is 1. The van der Waals surface area contributed by atoms with Crippen molar-refractivity contribution < 1.29 is 4.52 Å². The van der Waals surface area contributed by atoms with Gasteiger partial charge in [-0.25, -0.2) is 0 Å². The summed E-state index contributed by atoms with van der Waals surface area (Å²) in [6.45, 7) is 7.19. The van der Waals surface area contributed by atoms with E-state index in [4.69, 9.17) is 4.52 Å². The van der Waals surface area contributed by atoms with Crippen molar-refractivity contribution in [2.75, 3.05) is 13.1 Å². The molecule has 1 fully saturated rings. The molecule has 0 saturated heterocycles. The molecule has 15 heavy (non-hydrogen) atoms. The lowest BCUT2D eigenvalue weighted by molar-refractivity contribution is 0.218. The van der Waals surface area contributed by atoms with Crippen LogP contribution in [0.5, 0.6) is 0 Å². The lowest BCUT2D eigenvalue weighted by Crippen LogP contribution is -2.26. The quantitative estimate of drug-likeness (QED) is 0.718. The van der Waals surface area contributed by atoms with Gasteiger partial charge in [-0.05, 0) is 38.6 Å². The molecule has 0 spiro atoms. The molecule has 0 N–H and O–H groups in total. The Kier molecular flexibility index (Phi) is 3.36. The minimum atomic E-state index is 0.730. The van der Waals surface area contributed by atoms with Crippen molar-refractivity contribution in [1.82, 2.24) is 15.0 Å². The molecule has 1 heterocycles. The van der Waals surface area contributed by atoms with Crippen molar-refractivity contribution in [3.05, 3.63) is 11.7 Å². The molecule has 1 aliphatic rings. The zero-order valence-corrected chi connectivity index (χ0v) is 9.57. The number of hydrogen-bond acceptors (Lipinski definition) is 4. The van der Waals surface area contributed by atoms with E-state index >= 15 is 0 Å². The van der Waals surface area contributed by atoms with Crippen LogP contribution in [0.4, 0.5) is 0 Å². The average molecular weight is 209 g/mol. The van der Waals surface area contributed by atoms with Crippen molar-refractivity contribution in [2.24, 2.45) is 5.92 Å². The lowest BCUT2D eigenvalue weighted by atomic mass is 10.3. The maximum absolute atomic E-state index is 5.14. The third kappa shape index (κ3) is 3.30. The summed E-state index contributed by atoms with van der Waals surface area (Å²) in [5.74, 6) is 2.40. The molecule has 0 radical (unpaired) electrons. The minimum absolute atomic E-state index is 0.730. The first-order valence-electron chi connectivity index (χ1n) is 5.79. The monoisotopic (exact) mass is 209 g/mol. The summed E-state index contributed by atoms with van der Waals surface area (Å²) in [6, 6.07) is 0. The Morgan fingerprint density at radius 1 is 1.47 bits per heavy atom. The largest absolute Gasteiger partial charge is 0.338 e. The van der Waals surface area contributed by atoms with Crippen LogP contribution >= 0.6 is 0 Å². The maximum Gasteiger partial charge on any atom is 0.240 e. The van der Waals surface area contributed by atoms with Gasteiger partial charge in [0.1, 0.15) is 0 Å². The van der Waals surface area contributed by atoms with Gasteiger partial charge in [-0.3, -0.25) is 4.90 Å². The molecule has 0 atom stereocenters. The van der Waals surface area contributed by atoms with E-state index in [1.54, 1.807) is 0 Å². The maximum atomic E-state index is 5.14. The van der Waals surface area contributed by atoms with Crippen LogP contribution < -0.4 is 0 Å². The fourth-order valence-corrected chi connectivity index (χ4v) is 1.81. The molecular weight excluding hydrogens is 190 g/mol. The second-order valence-electron chi connectivity index (χ2n) is 4.41. The van der Waals surface area contributed by atoms with Crippen molar-refractivity contribution >= 4 is 0 Å². The molecule has 0 aliphatic heterocycles. The van der Waals surface area contributed by atoms with Crippen LogP contribution in [-0.2, 0) is 6.54 Å². The Morgan fingerprint density at radius 2 is 2.27 bits per heavy atom. The Labute approximate surface area is 90.7 Å². The molecule has 4 heteroatoms. The third-order valence-electron chi connectivity index (χ3n) is 2.68. The van der Waals surface area contributed by atoms with Crippen molar-refractivity contribution in [3.63, 3.8) is 0 Å². The van der Waals surface area contributed by atoms with Crippen LogP contribution in [-0.4, -0.2) is 28.1 Å². The van der Waals surface area contributed by atoms with Crippen LogP contribution in [0.1, 0.15) is 37.9 Å². The van der Waals surface area contributed by atoms with Crippen LogP contribution in [0, 0.1) is 12.8 Å². The SMILES string of the molecule is CCCN(Cc1nc(C)no1)CC1CC1. The van der Waals surface area contributed by atoms with E-state index in [0.717, 1.165) is 30.7 Å². The van der Waals surface area contributed by atoms with Gasteiger partial charge in [-0.1, -0.05) is 12.1 Å². The first kappa shape index (κ1) is 10.6. The van der Waals surface area contributed by atoms with Crippen LogP contribution in [0.15, 0.2) is 4.52 Å². The second-order valence-corrected chi connectivity index (χ2v) is 4.41. The molecule has 0 amide bonds. The molecule has 1 aromatic rings. The van der Waals surface area contributed by atoms with E-state index in [1.165, 1.54) is 25.8 Å². The predicted octanol–water partition coefficient (Wildman–Crippen LogP) is 2.00. The summed E-state index contributed by atoms with van der Waals surface area (Å²) in [5.41, 5.74) is 0. The minimum Gasteiger partial charge on any atom is -0.338 e. The van der Waals surface area contributed by atoms with Crippen LogP contribution in [0.3, 0.4) is 0 Å². The molecule has 4 nitrogen and oxygen atoms in total.